The summed E-state index contributed by atoms with van der Waals surface area (Å²) in [5, 5.41) is 0. The first-order valence-corrected chi connectivity index (χ1v) is 24.5. The third-order valence-corrected chi connectivity index (χ3v) is 10.8. The van der Waals surface area contributed by atoms with E-state index in [4.69, 9.17) is 174 Å². The Bertz CT molecular complexity index is 780. The van der Waals surface area contributed by atoms with E-state index in [-0.39, 0.29) is 60.7 Å². The number of thiocarbonyl (C=S) groups is 7. The van der Waals surface area contributed by atoms with Crippen molar-refractivity contribution in [1.82, 2.24) is 34.3 Å². The summed E-state index contributed by atoms with van der Waals surface area (Å²) in [4.78, 5) is 13.7. The average Bonchev–Trinajstić information content (AvgIpc) is 3.12. The van der Waals surface area contributed by atoms with Gasteiger partial charge in [0.25, 0.3) is 0 Å². The van der Waals surface area contributed by atoms with Crippen LogP contribution in [0.5, 0.6) is 0 Å². The van der Waals surface area contributed by atoms with Gasteiger partial charge in [0.15, 0.2) is 0 Å². The summed E-state index contributed by atoms with van der Waals surface area (Å²) in [6.45, 7) is 41.6. The van der Waals surface area contributed by atoms with Crippen LogP contribution in [0, 0.1) is 31.1 Å². The molecular weight excluding hydrogens is 1230 g/mol. The largest absolute Gasteiger partial charge is 3.00 e. The normalized spacial score (nSPS) is 8.45. The molecule has 0 saturated carbocycles. The van der Waals surface area contributed by atoms with Crippen molar-refractivity contribution in [3.8, 4) is 0 Å². The minimum absolute atomic E-state index is 0. The Kier molecular flexibility index (Phi) is 83.6. The zero-order valence-electron chi connectivity index (χ0n) is 37.7. The third kappa shape index (κ3) is 56.8. The molecule has 0 unspecified atom stereocenters. The molecular formula is C35H70N7NaS14U-3. The Morgan fingerprint density at radius 3 is 0.293 bits per heavy atom. The molecule has 23 heteroatoms. The van der Waals surface area contributed by atoms with Crippen molar-refractivity contribution in [1.29, 1.82) is 0 Å². The zero-order valence-corrected chi connectivity index (χ0v) is 55.3. The topological polar surface area (TPSA) is 22.7 Å². The van der Waals surface area contributed by atoms with Gasteiger partial charge < -0.3 is 208 Å². The first-order valence-electron chi connectivity index (χ1n) is 18.7. The molecule has 0 atom stereocenters. The first-order chi connectivity index (χ1) is 26.0. The maximum atomic E-state index is 4.76. The molecule has 0 aliphatic carbocycles. The average molecular weight is 1300 g/mol. The fraction of sp³-hybridized carbons (Fsp3) is 0.800. The molecule has 7 nitrogen and oxygen atoms in total. The number of nitrogens with zero attached hydrogens (tertiary/aromatic N) is 7. The second-order valence-corrected chi connectivity index (χ2v) is 17.3. The van der Waals surface area contributed by atoms with Crippen LogP contribution in [0.1, 0.15) is 96.9 Å². The van der Waals surface area contributed by atoms with Gasteiger partial charge in [-0.05, 0) is 96.9 Å². The van der Waals surface area contributed by atoms with E-state index in [2.05, 4.69) is 0 Å². The Labute approximate surface area is 480 Å². The monoisotopic (exact) mass is 1300 g/mol. The number of hydrogen-bond acceptors (Lipinski definition) is 14. The standard InChI is InChI=1S/7C5H11NS2.Na.U/c7*1-3-6(4-2)5(7)8;;/h7*3-4H2,1-2H3,(H,7,8);;/q;;;;;;;+1;+3/p-7. The van der Waals surface area contributed by atoms with Gasteiger partial charge in [-0.3, -0.25) is 0 Å². The first kappa shape index (κ1) is 81.1. The van der Waals surface area contributed by atoms with Crippen LogP contribution >= 0.6 is 85.5 Å². The second-order valence-electron chi connectivity index (χ2n) is 10.1. The minimum Gasteiger partial charge on any atom is -0.411 e. The summed E-state index contributed by atoms with van der Waals surface area (Å²) in [5.41, 5.74) is 0. The summed E-state index contributed by atoms with van der Waals surface area (Å²) in [6, 6.07) is 0. The molecule has 0 aliphatic heterocycles. The van der Waals surface area contributed by atoms with Crippen molar-refractivity contribution in [2.24, 2.45) is 0 Å². The van der Waals surface area contributed by atoms with Crippen molar-refractivity contribution >= 4 is 204 Å². The molecule has 0 rings (SSSR count). The van der Waals surface area contributed by atoms with Crippen LogP contribution in [0.3, 0.4) is 0 Å². The molecule has 58 heavy (non-hydrogen) atoms. The molecule has 0 saturated heterocycles. The molecule has 0 amide bonds. The van der Waals surface area contributed by atoms with E-state index in [0.29, 0.717) is 30.2 Å². The molecule has 0 heterocycles. The Hall–Kier alpha value is 2.82. The van der Waals surface area contributed by atoms with Crippen molar-refractivity contribution in [2.75, 3.05) is 91.6 Å². The molecule has 1 radical (unpaired) electrons. The van der Waals surface area contributed by atoms with Crippen molar-refractivity contribution in [2.45, 2.75) is 96.9 Å². The molecule has 0 spiro atoms. The Morgan fingerprint density at radius 1 is 0.241 bits per heavy atom. The summed E-state index contributed by atoms with van der Waals surface area (Å²) in [6.07, 6.45) is 0. The number of hydrogen-bond donors (Lipinski definition) is 0. The van der Waals surface area contributed by atoms with Crippen LogP contribution in [0.25, 0.3) is 0 Å². The molecule has 0 N–H and O–H groups in total. The summed E-state index contributed by atoms with van der Waals surface area (Å²) < 4.78 is 4.05. The maximum Gasteiger partial charge on any atom is 3.00 e. The van der Waals surface area contributed by atoms with E-state index in [1.54, 1.807) is 0 Å². The molecule has 0 aromatic rings. The van der Waals surface area contributed by atoms with Gasteiger partial charge in [-0.2, -0.15) is 0 Å². The third-order valence-electron chi connectivity index (χ3n) is 7.15. The Morgan fingerprint density at radius 2 is 0.293 bits per heavy atom. The summed E-state index contributed by atoms with van der Waals surface area (Å²) in [5.74, 6) is 0. The van der Waals surface area contributed by atoms with Gasteiger partial charge in [-0.1, -0.05) is 30.2 Å². The summed E-state index contributed by atoms with van der Waals surface area (Å²) in [7, 11) is 0. The van der Waals surface area contributed by atoms with Crippen LogP contribution in [0.15, 0.2) is 0 Å². The number of rotatable bonds is 14. The van der Waals surface area contributed by atoms with Gasteiger partial charge in [0, 0.05) is 91.6 Å². The van der Waals surface area contributed by atoms with Crippen molar-refractivity contribution in [3.63, 3.8) is 0 Å². The molecule has 0 bridgehead atoms. The molecule has 0 fully saturated rings. The fourth-order valence-electron chi connectivity index (χ4n) is 3.37. The molecule has 0 aliphatic rings. The van der Waals surface area contributed by atoms with Gasteiger partial charge in [0.05, 0.1) is 0 Å². The van der Waals surface area contributed by atoms with Crippen LogP contribution in [-0.4, -0.2) is 156 Å². The van der Waals surface area contributed by atoms with Gasteiger partial charge in [-0.25, -0.2) is 0 Å². The smallest absolute Gasteiger partial charge is 0.411 e. The quantitative estimate of drug-likeness (QED) is 0.131. The van der Waals surface area contributed by atoms with E-state index in [1.807, 2.05) is 131 Å². The van der Waals surface area contributed by atoms with Gasteiger partial charge in [0.2, 0.25) is 0 Å². The van der Waals surface area contributed by atoms with E-state index < -0.39 is 0 Å². The van der Waals surface area contributed by atoms with Crippen LogP contribution in [0.2, 0.25) is 0 Å². The molecule has 0 aromatic carbocycles. The predicted octanol–water partition coefficient (Wildman–Crippen LogP) is 5.12. The van der Waals surface area contributed by atoms with Gasteiger partial charge in [0.1, 0.15) is 0 Å². The Balaban J connectivity index is -0.0000000686. The minimum atomic E-state index is 0. The van der Waals surface area contributed by atoms with Crippen LogP contribution < -0.4 is 29.6 Å². The SMILES string of the molecule is CCN(CC)C(=S)[S-].CCN(CC)C(=S)[S-].CCN(CC)C(=S)[S-].CCN(CC)C(=S)[S-].CCN(CC)C(=S)[S-].CCN(CC)C(=S)[S-].CCN(CC)C(=S)[S-].[Na+].[U+3]. The fourth-order valence-corrected chi connectivity index (χ4v) is 6.99. The molecule has 337 valence electrons. The zero-order chi connectivity index (χ0) is 46.0. The van der Waals surface area contributed by atoms with Gasteiger partial charge in [-0.15, -0.1) is 0 Å². The second kappa shape index (κ2) is 59.8. The van der Waals surface area contributed by atoms with E-state index in [9.17, 15) is 0 Å². The van der Waals surface area contributed by atoms with E-state index in [1.165, 1.54) is 0 Å². The van der Waals surface area contributed by atoms with Gasteiger partial charge >= 0.3 is 60.7 Å². The van der Waals surface area contributed by atoms with Crippen molar-refractivity contribution in [3.05, 3.63) is 0 Å². The van der Waals surface area contributed by atoms with E-state index in [0.717, 1.165) is 91.6 Å². The van der Waals surface area contributed by atoms with Crippen molar-refractivity contribution < 1.29 is 60.7 Å². The van der Waals surface area contributed by atoms with Crippen LogP contribution in [-0.2, 0) is 88.4 Å². The van der Waals surface area contributed by atoms with E-state index >= 15 is 0 Å². The predicted molar refractivity (Wildman–Crippen MR) is 300 cm³/mol. The maximum absolute atomic E-state index is 4.76. The summed E-state index contributed by atoms with van der Waals surface area (Å²) >= 11 is 66.6. The van der Waals surface area contributed by atoms with Crippen LogP contribution in [0.4, 0.5) is 0 Å². The molecule has 0 aromatic heterocycles.